The van der Waals surface area contributed by atoms with Crippen LogP contribution in [0.5, 0.6) is 0 Å². The zero-order valence-electron chi connectivity index (χ0n) is 11.4. The molecule has 0 spiro atoms. The first-order chi connectivity index (χ1) is 10.3. The van der Waals surface area contributed by atoms with Crippen molar-refractivity contribution < 1.29 is 4.52 Å². The minimum absolute atomic E-state index is 0.546. The zero-order valence-corrected chi connectivity index (χ0v) is 12.2. The Labute approximate surface area is 127 Å². The molecular weight excluding hydrogens is 288 g/mol. The van der Waals surface area contributed by atoms with Gasteiger partial charge in [-0.2, -0.15) is 0 Å². The number of nitrogens with zero attached hydrogens (tertiary/aromatic N) is 4. The van der Waals surface area contributed by atoms with E-state index >= 15 is 0 Å². The standard InChI is InChI=1S/C15H15ClN4O/c16-8-4-7-13-10-20(19-17-13)11-14-9-15(21-18-14)12-5-2-1-3-6-12/h1-3,5-6,9-10H,4,7-8,11H2. The van der Waals surface area contributed by atoms with Crippen molar-refractivity contribution in [2.24, 2.45) is 0 Å². The number of aromatic nitrogens is 4. The second kappa shape index (κ2) is 6.54. The quantitative estimate of drug-likeness (QED) is 0.656. The monoisotopic (exact) mass is 302 g/mol. The lowest BCUT2D eigenvalue weighted by molar-refractivity contribution is 0.419. The van der Waals surface area contributed by atoms with Crippen LogP contribution in [0.15, 0.2) is 47.1 Å². The van der Waals surface area contributed by atoms with Gasteiger partial charge >= 0.3 is 0 Å². The lowest BCUT2D eigenvalue weighted by atomic mass is 10.2. The molecule has 2 heterocycles. The molecule has 3 aromatic rings. The number of alkyl halides is 1. The van der Waals surface area contributed by atoms with Crippen LogP contribution in [0, 0.1) is 0 Å². The molecule has 0 saturated heterocycles. The fourth-order valence-corrected chi connectivity index (χ4v) is 2.20. The number of halogens is 1. The molecule has 0 aliphatic heterocycles. The molecular formula is C15H15ClN4O. The van der Waals surface area contributed by atoms with E-state index < -0.39 is 0 Å². The van der Waals surface area contributed by atoms with E-state index in [-0.39, 0.29) is 0 Å². The Hall–Kier alpha value is -2.14. The van der Waals surface area contributed by atoms with Gasteiger partial charge in [0.1, 0.15) is 5.69 Å². The van der Waals surface area contributed by atoms with Gasteiger partial charge in [0, 0.05) is 23.7 Å². The number of rotatable bonds is 6. The van der Waals surface area contributed by atoms with E-state index in [9.17, 15) is 0 Å². The highest BCUT2D eigenvalue weighted by atomic mass is 35.5. The van der Waals surface area contributed by atoms with E-state index in [2.05, 4.69) is 15.5 Å². The van der Waals surface area contributed by atoms with Crippen molar-refractivity contribution in [1.82, 2.24) is 20.2 Å². The molecule has 6 heteroatoms. The molecule has 0 aliphatic rings. The maximum absolute atomic E-state index is 5.67. The Bertz CT molecular complexity index is 693. The molecule has 0 bridgehead atoms. The maximum Gasteiger partial charge on any atom is 0.167 e. The average molecular weight is 303 g/mol. The van der Waals surface area contributed by atoms with Crippen molar-refractivity contribution in [2.45, 2.75) is 19.4 Å². The molecule has 5 nitrogen and oxygen atoms in total. The van der Waals surface area contributed by atoms with E-state index in [0.29, 0.717) is 12.4 Å². The van der Waals surface area contributed by atoms with Gasteiger partial charge in [-0.3, -0.25) is 0 Å². The summed E-state index contributed by atoms with van der Waals surface area (Å²) < 4.78 is 7.13. The van der Waals surface area contributed by atoms with Crippen LogP contribution in [0.25, 0.3) is 11.3 Å². The van der Waals surface area contributed by atoms with Crippen molar-refractivity contribution in [3.05, 3.63) is 54.0 Å². The predicted octanol–water partition coefficient (Wildman–Crippen LogP) is 3.15. The lowest BCUT2D eigenvalue weighted by Gasteiger charge is -1.94. The summed E-state index contributed by atoms with van der Waals surface area (Å²) in [6.07, 6.45) is 3.67. The Morgan fingerprint density at radius 1 is 1.14 bits per heavy atom. The minimum atomic E-state index is 0.546. The van der Waals surface area contributed by atoms with E-state index in [1.807, 2.05) is 42.6 Å². The largest absolute Gasteiger partial charge is 0.356 e. The summed E-state index contributed by atoms with van der Waals surface area (Å²) in [6.45, 7) is 0.546. The van der Waals surface area contributed by atoms with Gasteiger partial charge in [0.05, 0.1) is 12.2 Å². The summed E-state index contributed by atoms with van der Waals surface area (Å²) in [6, 6.07) is 11.8. The van der Waals surface area contributed by atoms with Crippen molar-refractivity contribution >= 4 is 11.6 Å². The fraction of sp³-hybridized carbons (Fsp3) is 0.267. The van der Waals surface area contributed by atoms with E-state index in [1.54, 1.807) is 4.68 Å². The Morgan fingerprint density at radius 2 is 2.00 bits per heavy atom. The highest BCUT2D eigenvalue weighted by Crippen LogP contribution is 2.19. The molecule has 0 aliphatic carbocycles. The van der Waals surface area contributed by atoms with Crippen LogP contribution in [0.3, 0.4) is 0 Å². The van der Waals surface area contributed by atoms with Gasteiger partial charge in [-0.15, -0.1) is 16.7 Å². The summed E-state index contributed by atoms with van der Waals surface area (Å²) >= 11 is 5.67. The summed E-state index contributed by atoms with van der Waals surface area (Å²) in [5.74, 6) is 1.39. The fourth-order valence-electron chi connectivity index (χ4n) is 2.07. The Kier molecular flexibility index (Phi) is 4.31. The van der Waals surface area contributed by atoms with E-state index in [0.717, 1.165) is 35.6 Å². The van der Waals surface area contributed by atoms with Crippen LogP contribution in [-0.4, -0.2) is 26.0 Å². The summed E-state index contributed by atoms with van der Waals surface area (Å²) in [5, 5.41) is 12.3. The van der Waals surface area contributed by atoms with E-state index in [1.165, 1.54) is 0 Å². The van der Waals surface area contributed by atoms with Gasteiger partial charge < -0.3 is 4.52 Å². The number of hydrogen-bond acceptors (Lipinski definition) is 4. The highest BCUT2D eigenvalue weighted by molar-refractivity contribution is 6.17. The van der Waals surface area contributed by atoms with Gasteiger partial charge in [-0.05, 0) is 12.8 Å². The van der Waals surface area contributed by atoms with Crippen molar-refractivity contribution in [2.75, 3.05) is 5.88 Å². The van der Waals surface area contributed by atoms with Crippen LogP contribution in [0.4, 0.5) is 0 Å². The van der Waals surface area contributed by atoms with Crippen LogP contribution >= 0.6 is 11.6 Å². The zero-order chi connectivity index (χ0) is 14.5. The first kappa shape index (κ1) is 13.8. The second-order valence-corrected chi connectivity index (χ2v) is 5.13. The normalized spacial score (nSPS) is 10.9. The van der Waals surface area contributed by atoms with Gasteiger partial charge in [0.2, 0.25) is 0 Å². The molecule has 1 aromatic carbocycles. The van der Waals surface area contributed by atoms with E-state index in [4.69, 9.17) is 16.1 Å². The van der Waals surface area contributed by atoms with Gasteiger partial charge in [-0.25, -0.2) is 4.68 Å². The highest BCUT2D eigenvalue weighted by Gasteiger charge is 2.08. The molecule has 3 rings (SSSR count). The van der Waals surface area contributed by atoms with Crippen molar-refractivity contribution in [3.63, 3.8) is 0 Å². The van der Waals surface area contributed by atoms with Crippen LogP contribution in [0.1, 0.15) is 17.8 Å². The smallest absolute Gasteiger partial charge is 0.167 e. The third-order valence-electron chi connectivity index (χ3n) is 3.09. The first-order valence-corrected chi connectivity index (χ1v) is 7.34. The first-order valence-electron chi connectivity index (χ1n) is 6.81. The second-order valence-electron chi connectivity index (χ2n) is 4.75. The predicted molar refractivity (Wildman–Crippen MR) is 80.1 cm³/mol. The van der Waals surface area contributed by atoms with Crippen LogP contribution in [-0.2, 0) is 13.0 Å². The summed E-state index contributed by atoms with van der Waals surface area (Å²) in [7, 11) is 0. The molecule has 0 saturated carbocycles. The molecule has 108 valence electrons. The molecule has 0 atom stereocenters. The Balaban J connectivity index is 1.68. The van der Waals surface area contributed by atoms with Crippen molar-refractivity contribution in [1.29, 1.82) is 0 Å². The topological polar surface area (TPSA) is 56.7 Å². The number of hydrogen-bond donors (Lipinski definition) is 0. The number of aryl methyl sites for hydroxylation is 1. The molecule has 0 amide bonds. The van der Waals surface area contributed by atoms with Crippen LogP contribution < -0.4 is 0 Å². The molecule has 21 heavy (non-hydrogen) atoms. The maximum atomic E-state index is 5.67. The van der Waals surface area contributed by atoms with Gasteiger partial charge in [-0.1, -0.05) is 40.7 Å². The third kappa shape index (κ3) is 3.49. The van der Waals surface area contributed by atoms with Gasteiger partial charge in [0.25, 0.3) is 0 Å². The molecule has 2 aromatic heterocycles. The van der Waals surface area contributed by atoms with Crippen LogP contribution in [0.2, 0.25) is 0 Å². The summed E-state index contributed by atoms with van der Waals surface area (Å²) in [5.41, 5.74) is 2.78. The molecule has 0 N–H and O–H groups in total. The molecule has 0 radical (unpaired) electrons. The third-order valence-corrected chi connectivity index (χ3v) is 3.36. The molecule has 0 unspecified atom stereocenters. The minimum Gasteiger partial charge on any atom is -0.356 e. The SMILES string of the molecule is ClCCCc1cn(Cc2cc(-c3ccccc3)on2)nn1. The van der Waals surface area contributed by atoms with Gasteiger partial charge in [0.15, 0.2) is 5.76 Å². The molecule has 0 fully saturated rings. The Morgan fingerprint density at radius 3 is 2.81 bits per heavy atom. The lowest BCUT2D eigenvalue weighted by Crippen LogP contribution is -2.00. The average Bonchev–Trinajstić information content (AvgIpc) is 3.16. The summed E-state index contributed by atoms with van der Waals surface area (Å²) in [4.78, 5) is 0. The van der Waals surface area contributed by atoms with Crippen molar-refractivity contribution in [3.8, 4) is 11.3 Å². The number of benzene rings is 1.